The number of amides is 2. The van der Waals surface area contributed by atoms with E-state index in [2.05, 4.69) is 48.5 Å². The van der Waals surface area contributed by atoms with Crippen LogP contribution in [0.4, 0.5) is 5.69 Å². The highest BCUT2D eigenvalue weighted by molar-refractivity contribution is 6.04. The molecule has 2 N–H and O–H groups in total. The van der Waals surface area contributed by atoms with Crippen LogP contribution in [0.5, 0.6) is 5.75 Å². The summed E-state index contributed by atoms with van der Waals surface area (Å²) in [6.45, 7) is 7.46. The van der Waals surface area contributed by atoms with Gasteiger partial charge in [-0.15, -0.1) is 0 Å². The topological polar surface area (TPSA) is 80.3 Å². The van der Waals surface area contributed by atoms with Crippen LogP contribution in [0.3, 0.4) is 0 Å². The Bertz CT molecular complexity index is 1040. The number of rotatable bonds is 9. The van der Waals surface area contributed by atoms with Crippen LogP contribution in [0.1, 0.15) is 55.1 Å². The van der Waals surface area contributed by atoms with Gasteiger partial charge in [0.05, 0.1) is 12.2 Å². The molecular weight excluding hydrogens is 414 g/mol. The Hall–Kier alpha value is -3.67. The third-order valence-electron chi connectivity index (χ3n) is 5.16. The minimum absolute atomic E-state index is 0.0179. The highest BCUT2D eigenvalue weighted by Gasteiger charge is 2.13. The van der Waals surface area contributed by atoms with Crippen molar-refractivity contribution in [3.8, 4) is 5.75 Å². The molecular formula is C27H31N3O3. The number of carbonyl (C=O) groups is 2. The molecule has 0 unspecified atom stereocenters. The van der Waals surface area contributed by atoms with Crippen molar-refractivity contribution in [3.05, 3.63) is 89.7 Å². The lowest BCUT2D eigenvalue weighted by Gasteiger charge is -2.19. The van der Waals surface area contributed by atoms with Gasteiger partial charge < -0.3 is 15.4 Å². The number of hydrogen-bond donors (Lipinski definition) is 2. The number of hydrogen-bond acceptors (Lipinski definition) is 4. The molecule has 172 valence electrons. The molecule has 0 spiro atoms. The summed E-state index contributed by atoms with van der Waals surface area (Å²) in [4.78, 5) is 28.2. The second-order valence-electron chi connectivity index (χ2n) is 8.90. The van der Waals surface area contributed by atoms with E-state index in [1.165, 1.54) is 11.8 Å². The summed E-state index contributed by atoms with van der Waals surface area (Å²) in [5, 5.41) is 5.75. The molecule has 0 atom stereocenters. The number of nitrogens with zero attached hydrogens (tertiary/aromatic N) is 1. The number of aromatic nitrogens is 1. The molecule has 2 aromatic carbocycles. The maximum atomic E-state index is 12.2. The van der Waals surface area contributed by atoms with Crippen LogP contribution >= 0.6 is 0 Å². The SMILES string of the molecule is CC(C)(C)c1ccc(OCCCC(=O)NCc2ccc(NC(=O)c3cccnc3)cc2)cc1. The number of nitrogens with one attached hydrogen (secondary N) is 2. The van der Waals surface area contributed by atoms with Crippen molar-refractivity contribution in [3.63, 3.8) is 0 Å². The van der Waals surface area contributed by atoms with Gasteiger partial charge in [-0.1, -0.05) is 45.0 Å². The van der Waals surface area contributed by atoms with Gasteiger partial charge >= 0.3 is 0 Å². The molecule has 1 aromatic heterocycles. The van der Waals surface area contributed by atoms with Crippen molar-refractivity contribution in [1.82, 2.24) is 10.3 Å². The average molecular weight is 446 g/mol. The maximum Gasteiger partial charge on any atom is 0.257 e. The van der Waals surface area contributed by atoms with Gasteiger partial charge in [0.15, 0.2) is 0 Å². The fraction of sp³-hybridized carbons (Fsp3) is 0.296. The highest BCUT2D eigenvalue weighted by Crippen LogP contribution is 2.24. The van der Waals surface area contributed by atoms with E-state index in [1.807, 2.05) is 36.4 Å². The van der Waals surface area contributed by atoms with Crippen LogP contribution < -0.4 is 15.4 Å². The van der Waals surface area contributed by atoms with Gasteiger partial charge in [-0.3, -0.25) is 14.6 Å². The Kier molecular flexibility index (Phi) is 8.19. The molecule has 6 heteroatoms. The average Bonchev–Trinajstić information content (AvgIpc) is 2.81. The summed E-state index contributed by atoms with van der Waals surface area (Å²) in [7, 11) is 0. The van der Waals surface area contributed by atoms with E-state index in [-0.39, 0.29) is 17.2 Å². The third-order valence-corrected chi connectivity index (χ3v) is 5.16. The number of carbonyl (C=O) groups excluding carboxylic acids is 2. The first-order valence-electron chi connectivity index (χ1n) is 11.1. The molecule has 0 aliphatic heterocycles. The van der Waals surface area contributed by atoms with E-state index < -0.39 is 0 Å². The quantitative estimate of drug-likeness (QED) is 0.449. The first-order valence-corrected chi connectivity index (χ1v) is 11.1. The normalized spacial score (nSPS) is 11.0. The van der Waals surface area contributed by atoms with E-state index in [0.717, 1.165) is 11.3 Å². The monoisotopic (exact) mass is 445 g/mol. The molecule has 0 bridgehead atoms. The molecule has 6 nitrogen and oxygen atoms in total. The molecule has 2 amide bonds. The van der Waals surface area contributed by atoms with Crippen LogP contribution in [0.15, 0.2) is 73.1 Å². The number of pyridine rings is 1. The minimum atomic E-state index is -0.212. The largest absolute Gasteiger partial charge is 0.494 e. The molecule has 0 aliphatic rings. The summed E-state index contributed by atoms with van der Waals surface area (Å²) >= 11 is 0. The second kappa shape index (κ2) is 11.3. The zero-order valence-corrected chi connectivity index (χ0v) is 19.4. The summed E-state index contributed by atoms with van der Waals surface area (Å²) in [6.07, 6.45) is 4.19. The van der Waals surface area contributed by atoms with Gasteiger partial charge in [0.25, 0.3) is 5.91 Å². The second-order valence-corrected chi connectivity index (χ2v) is 8.90. The predicted octanol–water partition coefficient (Wildman–Crippen LogP) is 5.11. The van der Waals surface area contributed by atoms with Gasteiger partial charge in [-0.05, 0) is 59.4 Å². The van der Waals surface area contributed by atoms with Gasteiger partial charge in [-0.2, -0.15) is 0 Å². The van der Waals surface area contributed by atoms with E-state index in [9.17, 15) is 9.59 Å². The summed E-state index contributed by atoms with van der Waals surface area (Å²) in [5.41, 5.74) is 3.52. The number of anilines is 1. The van der Waals surface area contributed by atoms with Crippen molar-refractivity contribution < 1.29 is 14.3 Å². The lowest BCUT2D eigenvalue weighted by molar-refractivity contribution is -0.121. The zero-order chi connectivity index (χ0) is 23.7. The molecule has 0 saturated carbocycles. The molecule has 0 radical (unpaired) electrons. The Balaban J connectivity index is 1.34. The van der Waals surface area contributed by atoms with Crippen LogP contribution in [-0.4, -0.2) is 23.4 Å². The van der Waals surface area contributed by atoms with Crippen molar-refractivity contribution in [1.29, 1.82) is 0 Å². The highest BCUT2D eigenvalue weighted by atomic mass is 16.5. The van der Waals surface area contributed by atoms with Gasteiger partial charge in [0.2, 0.25) is 5.91 Å². The molecule has 3 rings (SSSR count). The smallest absolute Gasteiger partial charge is 0.257 e. The Morgan fingerprint density at radius 3 is 2.33 bits per heavy atom. The van der Waals surface area contributed by atoms with Gasteiger partial charge in [-0.25, -0.2) is 0 Å². The van der Waals surface area contributed by atoms with Gasteiger partial charge in [0, 0.05) is 31.0 Å². The summed E-state index contributed by atoms with van der Waals surface area (Å²) in [6, 6.07) is 18.9. The van der Waals surface area contributed by atoms with E-state index in [0.29, 0.717) is 37.2 Å². The van der Waals surface area contributed by atoms with E-state index in [4.69, 9.17) is 4.74 Å². The summed E-state index contributed by atoms with van der Waals surface area (Å²) in [5.74, 6) is 0.589. The lowest BCUT2D eigenvalue weighted by Crippen LogP contribution is -2.23. The molecule has 0 fully saturated rings. The first-order chi connectivity index (χ1) is 15.8. The predicted molar refractivity (Wildman–Crippen MR) is 130 cm³/mol. The first kappa shape index (κ1) is 24.0. The number of ether oxygens (including phenoxy) is 1. The Morgan fingerprint density at radius 2 is 1.70 bits per heavy atom. The fourth-order valence-electron chi connectivity index (χ4n) is 3.17. The van der Waals surface area contributed by atoms with Crippen molar-refractivity contribution in [2.75, 3.05) is 11.9 Å². The molecule has 33 heavy (non-hydrogen) atoms. The molecule has 0 aliphatic carbocycles. The Morgan fingerprint density at radius 1 is 0.970 bits per heavy atom. The van der Waals surface area contributed by atoms with Crippen LogP contribution in [0, 0.1) is 0 Å². The summed E-state index contributed by atoms with van der Waals surface area (Å²) < 4.78 is 5.75. The lowest BCUT2D eigenvalue weighted by atomic mass is 9.87. The zero-order valence-electron chi connectivity index (χ0n) is 19.4. The minimum Gasteiger partial charge on any atom is -0.494 e. The van der Waals surface area contributed by atoms with Crippen molar-refractivity contribution in [2.24, 2.45) is 0 Å². The van der Waals surface area contributed by atoms with Crippen LogP contribution in [0.25, 0.3) is 0 Å². The van der Waals surface area contributed by atoms with Crippen molar-refractivity contribution in [2.45, 2.75) is 45.6 Å². The number of benzene rings is 2. The molecule has 1 heterocycles. The van der Waals surface area contributed by atoms with E-state index >= 15 is 0 Å². The molecule has 0 saturated heterocycles. The fourth-order valence-corrected chi connectivity index (χ4v) is 3.17. The standard InChI is InChI=1S/C27H31N3O3/c1-27(2,3)22-10-14-24(15-11-22)33-17-5-7-25(31)29-18-20-8-12-23(13-9-20)30-26(32)21-6-4-16-28-19-21/h4,6,8-16,19H,5,7,17-18H2,1-3H3,(H,29,31)(H,30,32). The molecule has 3 aromatic rings. The Labute approximate surface area is 195 Å². The van der Waals surface area contributed by atoms with Gasteiger partial charge in [0.1, 0.15) is 5.75 Å². The van der Waals surface area contributed by atoms with E-state index in [1.54, 1.807) is 18.3 Å². The van der Waals surface area contributed by atoms with Crippen LogP contribution in [0.2, 0.25) is 0 Å². The maximum absolute atomic E-state index is 12.2. The van der Waals surface area contributed by atoms with Crippen molar-refractivity contribution >= 4 is 17.5 Å². The van der Waals surface area contributed by atoms with Crippen LogP contribution in [-0.2, 0) is 16.8 Å². The third kappa shape index (κ3) is 7.75.